The van der Waals surface area contributed by atoms with E-state index < -0.39 is 0 Å². The molecule has 130 valence electrons. The molecule has 0 bridgehead atoms. The fraction of sp³-hybridized carbons (Fsp3) is 0.588. The van der Waals surface area contributed by atoms with Crippen molar-refractivity contribution >= 4 is 23.0 Å². The highest BCUT2D eigenvalue weighted by Crippen LogP contribution is 2.28. The molecular formula is C17H25N5OS. The Morgan fingerprint density at radius 1 is 1.25 bits per heavy atom. The van der Waals surface area contributed by atoms with Gasteiger partial charge < -0.3 is 15.0 Å². The third kappa shape index (κ3) is 4.02. The van der Waals surface area contributed by atoms with Gasteiger partial charge in [-0.25, -0.2) is 15.0 Å². The first kappa shape index (κ1) is 17.1. The number of ether oxygens (including phenoxy) is 1. The van der Waals surface area contributed by atoms with Gasteiger partial charge in [0.2, 0.25) is 0 Å². The number of thiazole rings is 1. The molecule has 7 heteroatoms. The molecule has 1 N–H and O–H groups in total. The van der Waals surface area contributed by atoms with Crippen molar-refractivity contribution in [1.82, 2.24) is 15.0 Å². The van der Waals surface area contributed by atoms with E-state index in [0.29, 0.717) is 0 Å². The lowest BCUT2D eigenvalue weighted by Crippen LogP contribution is -2.36. The van der Waals surface area contributed by atoms with Gasteiger partial charge in [-0.3, -0.25) is 0 Å². The first-order chi connectivity index (χ1) is 11.4. The molecule has 0 spiro atoms. The van der Waals surface area contributed by atoms with Crippen molar-refractivity contribution in [3.63, 3.8) is 0 Å². The van der Waals surface area contributed by atoms with Crippen LogP contribution in [0.15, 0.2) is 17.8 Å². The molecule has 6 nitrogen and oxygen atoms in total. The quantitative estimate of drug-likeness (QED) is 0.916. The number of hydrogen-bond acceptors (Lipinski definition) is 7. The van der Waals surface area contributed by atoms with Crippen LogP contribution in [0.25, 0.3) is 0 Å². The summed E-state index contributed by atoms with van der Waals surface area (Å²) in [7, 11) is 0. The van der Waals surface area contributed by atoms with Gasteiger partial charge in [0.1, 0.15) is 23.0 Å². The van der Waals surface area contributed by atoms with Crippen LogP contribution in [0.4, 0.5) is 11.6 Å². The van der Waals surface area contributed by atoms with Gasteiger partial charge in [0.05, 0.1) is 24.9 Å². The van der Waals surface area contributed by atoms with E-state index in [1.165, 1.54) is 0 Å². The second-order valence-electron chi connectivity index (χ2n) is 7.05. The lowest BCUT2D eigenvalue weighted by molar-refractivity contribution is 0.122. The van der Waals surface area contributed by atoms with Crippen molar-refractivity contribution in [2.45, 2.75) is 39.2 Å². The summed E-state index contributed by atoms with van der Waals surface area (Å²) in [5.74, 6) is 1.77. The van der Waals surface area contributed by atoms with Gasteiger partial charge in [-0.05, 0) is 6.92 Å². The Bertz CT molecular complexity index is 676. The average Bonchev–Trinajstić information content (AvgIpc) is 3.06. The van der Waals surface area contributed by atoms with E-state index in [-0.39, 0.29) is 11.5 Å². The summed E-state index contributed by atoms with van der Waals surface area (Å²) in [5, 5.41) is 6.66. The second kappa shape index (κ2) is 7.03. The topological polar surface area (TPSA) is 63.2 Å². The summed E-state index contributed by atoms with van der Waals surface area (Å²) in [6.07, 6.45) is 1.61. The monoisotopic (exact) mass is 347 g/mol. The average molecular weight is 347 g/mol. The Morgan fingerprint density at radius 3 is 2.67 bits per heavy atom. The second-order valence-corrected chi connectivity index (χ2v) is 7.94. The maximum absolute atomic E-state index is 5.40. The molecule has 1 fully saturated rings. The molecule has 3 rings (SSSR count). The first-order valence-corrected chi connectivity index (χ1v) is 9.18. The molecule has 0 unspecified atom stereocenters. The molecule has 0 amide bonds. The van der Waals surface area contributed by atoms with E-state index in [2.05, 4.69) is 53.3 Å². The Hall–Kier alpha value is -1.73. The lowest BCUT2D eigenvalue weighted by atomic mass is 9.93. The zero-order chi connectivity index (χ0) is 17.2. The molecule has 0 aliphatic carbocycles. The molecule has 1 aliphatic rings. The number of anilines is 2. The van der Waals surface area contributed by atoms with Crippen LogP contribution in [0.5, 0.6) is 0 Å². The number of aromatic nitrogens is 3. The maximum atomic E-state index is 5.40. The first-order valence-electron chi connectivity index (χ1n) is 8.30. The number of rotatable bonds is 4. The zero-order valence-electron chi connectivity index (χ0n) is 14.7. The van der Waals surface area contributed by atoms with E-state index in [9.17, 15) is 0 Å². The van der Waals surface area contributed by atoms with Crippen LogP contribution < -0.4 is 10.2 Å². The van der Waals surface area contributed by atoms with Crippen LogP contribution in [0.1, 0.15) is 44.4 Å². The summed E-state index contributed by atoms with van der Waals surface area (Å²) in [6, 6.07) is 2.11. The Labute approximate surface area is 147 Å². The lowest BCUT2D eigenvalue weighted by Gasteiger charge is -2.28. The standard InChI is InChI=1S/C17H25N5OS/c1-12(16-21-13(10-24-16)17(2,3)4)20-14-9-15(19-11-18-14)22-5-7-23-8-6-22/h9-12H,5-8H2,1-4H3,(H,18,19,20)/t12-/m1/s1. The summed E-state index contributed by atoms with van der Waals surface area (Å²) < 4.78 is 5.40. The van der Waals surface area contributed by atoms with Crippen molar-refractivity contribution < 1.29 is 4.74 Å². The maximum Gasteiger partial charge on any atom is 0.134 e. The summed E-state index contributed by atoms with van der Waals surface area (Å²) >= 11 is 1.69. The molecular weight excluding hydrogens is 322 g/mol. The van der Waals surface area contributed by atoms with Crippen LogP contribution in [0.2, 0.25) is 0 Å². The van der Waals surface area contributed by atoms with Gasteiger partial charge in [0, 0.05) is 30.0 Å². The van der Waals surface area contributed by atoms with Crippen molar-refractivity contribution in [1.29, 1.82) is 0 Å². The van der Waals surface area contributed by atoms with Gasteiger partial charge in [0.25, 0.3) is 0 Å². The van der Waals surface area contributed by atoms with Crippen LogP contribution in [-0.4, -0.2) is 41.3 Å². The summed E-state index contributed by atoms with van der Waals surface area (Å²) in [6.45, 7) is 11.9. The Balaban J connectivity index is 1.70. The Morgan fingerprint density at radius 2 is 2.00 bits per heavy atom. The number of nitrogens with one attached hydrogen (secondary N) is 1. The van der Waals surface area contributed by atoms with Crippen LogP contribution >= 0.6 is 11.3 Å². The van der Waals surface area contributed by atoms with Crippen molar-refractivity contribution in [2.75, 3.05) is 36.5 Å². The molecule has 1 saturated heterocycles. The van der Waals surface area contributed by atoms with E-state index in [1.807, 2.05) is 6.07 Å². The highest BCUT2D eigenvalue weighted by Gasteiger charge is 2.20. The highest BCUT2D eigenvalue weighted by atomic mass is 32.1. The van der Waals surface area contributed by atoms with Crippen molar-refractivity contribution in [3.8, 4) is 0 Å². The molecule has 1 atom stereocenters. The number of morpholine rings is 1. The largest absolute Gasteiger partial charge is 0.378 e. The minimum Gasteiger partial charge on any atom is -0.378 e. The van der Waals surface area contributed by atoms with E-state index in [0.717, 1.165) is 48.6 Å². The third-order valence-electron chi connectivity index (χ3n) is 4.01. The van der Waals surface area contributed by atoms with E-state index in [4.69, 9.17) is 9.72 Å². The fourth-order valence-corrected chi connectivity index (χ4v) is 3.56. The third-order valence-corrected chi connectivity index (χ3v) is 5.04. The van der Waals surface area contributed by atoms with Crippen LogP contribution in [0.3, 0.4) is 0 Å². The van der Waals surface area contributed by atoms with E-state index in [1.54, 1.807) is 17.7 Å². The SMILES string of the molecule is C[C@@H](Nc1cc(N2CCOCC2)ncn1)c1nc(C(C)(C)C)cs1. The van der Waals surface area contributed by atoms with Gasteiger partial charge in [-0.2, -0.15) is 0 Å². The smallest absolute Gasteiger partial charge is 0.134 e. The molecule has 0 radical (unpaired) electrons. The summed E-state index contributed by atoms with van der Waals surface area (Å²) in [5.41, 5.74) is 1.21. The number of nitrogens with zero attached hydrogens (tertiary/aromatic N) is 4. The van der Waals surface area contributed by atoms with Gasteiger partial charge in [0.15, 0.2) is 0 Å². The molecule has 0 saturated carbocycles. The Kier molecular flexibility index (Phi) is 5.01. The van der Waals surface area contributed by atoms with Crippen LogP contribution in [-0.2, 0) is 10.2 Å². The highest BCUT2D eigenvalue weighted by molar-refractivity contribution is 7.09. The minimum absolute atomic E-state index is 0.0763. The minimum atomic E-state index is 0.0763. The van der Waals surface area contributed by atoms with Crippen LogP contribution in [0, 0.1) is 0 Å². The van der Waals surface area contributed by atoms with Gasteiger partial charge in [-0.1, -0.05) is 20.8 Å². The van der Waals surface area contributed by atoms with Gasteiger partial charge in [-0.15, -0.1) is 11.3 Å². The predicted molar refractivity (Wildman–Crippen MR) is 97.9 cm³/mol. The molecule has 2 aromatic heterocycles. The molecule has 0 aromatic carbocycles. The molecule has 1 aliphatic heterocycles. The normalized spacial score (nSPS) is 16.9. The van der Waals surface area contributed by atoms with E-state index >= 15 is 0 Å². The molecule has 3 heterocycles. The number of hydrogen-bond donors (Lipinski definition) is 1. The van der Waals surface area contributed by atoms with Crippen molar-refractivity contribution in [3.05, 3.63) is 28.5 Å². The zero-order valence-corrected chi connectivity index (χ0v) is 15.6. The molecule has 24 heavy (non-hydrogen) atoms. The van der Waals surface area contributed by atoms with Crippen molar-refractivity contribution in [2.24, 2.45) is 0 Å². The molecule has 2 aromatic rings. The summed E-state index contributed by atoms with van der Waals surface area (Å²) in [4.78, 5) is 15.7. The predicted octanol–water partition coefficient (Wildman–Crippen LogP) is 3.24. The van der Waals surface area contributed by atoms with Gasteiger partial charge >= 0.3 is 0 Å². The fourth-order valence-electron chi connectivity index (χ4n) is 2.51.